The predicted molar refractivity (Wildman–Crippen MR) is 104 cm³/mol. The quantitative estimate of drug-likeness (QED) is 0.599. The predicted octanol–water partition coefficient (Wildman–Crippen LogP) is 4.03. The summed E-state index contributed by atoms with van der Waals surface area (Å²) in [6.07, 6.45) is 0. The summed E-state index contributed by atoms with van der Waals surface area (Å²) in [6, 6.07) is 16.3. The second kappa shape index (κ2) is 9.02. The minimum Gasteiger partial charge on any atom is -0.494 e. The van der Waals surface area contributed by atoms with Crippen LogP contribution in [0.1, 0.15) is 11.1 Å². The molecule has 0 aliphatic heterocycles. The molecule has 3 aromatic carbocycles. The van der Waals surface area contributed by atoms with Crippen LogP contribution in [0.25, 0.3) is 0 Å². The zero-order chi connectivity index (χ0) is 20.9. The number of halogens is 2. The number of hydrogen-bond acceptors (Lipinski definition) is 4. The first-order valence-electron chi connectivity index (χ1n) is 8.67. The molecule has 152 valence electrons. The maximum atomic E-state index is 13.8. The van der Waals surface area contributed by atoms with Crippen LogP contribution in [0.2, 0.25) is 0 Å². The van der Waals surface area contributed by atoms with Gasteiger partial charge < -0.3 is 9.47 Å². The van der Waals surface area contributed by atoms with E-state index in [9.17, 15) is 17.2 Å². The SMILES string of the molecule is COc1ccc(S(=O)(=O)NCc2ccc(OCc3ccc(F)cc3)cc2)cc1F. The molecule has 1 N–H and O–H groups in total. The number of hydrogen-bond donors (Lipinski definition) is 1. The molecule has 29 heavy (non-hydrogen) atoms. The average Bonchev–Trinajstić information content (AvgIpc) is 2.72. The Balaban J connectivity index is 1.57. The van der Waals surface area contributed by atoms with Crippen molar-refractivity contribution >= 4 is 10.0 Å². The number of ether oxygens (including phenoxy) is 2. The second-order valence-corrected chi connectivity index (χ2v) is 7.95. The van der Waals surface area contributed by atoms with Crippen LogP contribution >= 0.6 is 0 Å². The molecule has 0 saturated heterocycles. The van der Waals surface area contributed by atoms with Crippen LogP contribution in [0.3, 0.4) is 0 Å². The van der Waals surface area contributed by atoms with Gasteiger partial charge in [-0.3, -0.25) is 0 Å². The molecule has 0 aliphatic rings. The van der Waals surface area contributed by atoms with Crippen LogP contribution in [0, 0.1) is 11.6 Å². The van der Waals surface area contributed by atoms with Crippen molar-refractivity contribution in [3.63, 3.8) is 0 Å². The zero-order valence-electron chi connectivity index (χ0n) is 15.6. The Kier molecular flexibility index (Phi) is 6.46. The van der Waals surface area contributed by atoms with Crippen LogP contribution in [-0.4, -0.2) is 15.5 Å². The lowest BCUT2D eigenvalue weighted by molar-refractivity contribution is 0.306. The lowest BCUT2D eigenvalue weighted by atomic mass is 10.2. The topological polar surface area (TPSA) is 64.6 Å². The van der Waals surface area contributed by atoms with E-state index in [-0.39, 0.29) is 29.6 Å². The van der Waals surface area contributed by atoms with E-state index in [0.717, 1.165) is 11.6 Å². The highest BCUT2D eigenvalue weighted by atomic mass is 32.2. The van der Waals surface area contributed by atoms with Crippen LogP contribution in [0.5, 0.6) is 11.5 Å². The molecular formula is C21H19F2NO4S. The van der Waals surface area contributed by atoms with E-state index in [0.29, 0.717) is 11.3 Å². The van der Waals surface area contributed by atoms with Gasteiger partial charge in [0, 0.05) is 6.54 Å². The molecule has 0 heterocycles. The maximum absolute atomic E-state index is 13.8. The molecule has 0 aromatic heterocycles. The Morgan fingerprint density at radius 2 is 1.55 bits per heavy atom. The van der Waals surface area contributed by atoms with Crippen molar-refractivity contribution in [1.82, 2.24) is 4.72 Å². The first-order chi connectivity index (χ1) is 13.9. The lowest BCUT2D eigenvalue weighted by Crippen LogP contribution is -2.23. The van der Waals surface area contributed by atoms with Crippen molar-refractivity contribution in [1.29, 1.82) is 0 Å². The van der Waals surface area contributed by atoms with Gasteiger partial charge in [0.2, 0.25) is 10.0 Å². The van der Waals surface area contributed by atoms with Crippen molar-refractivity contribution in [3.05, 3.63) is 89.5 Å². The summed E-state index contributed by atoms with van der Waals surface area (Å²) in [4.78, 5) is -0.185. The maximum Gasteiger partial charge on any atom is 0.240 e. The van der Waals surface area contributed by atoms with Crippen molar-refractivity contribution in [2.45, 2.75) is 18.0 Å². The minimum absolute atomic E-state index is 0.0276. The van der Waals surface area contributed by atoms with Crippen molar-refractivity contribution in [2.75, 3.05) is 7.11 Å². The first-order valence-corrected chi connectivity index (χ1v) is 10.1. The Labute approximate surface area is 168 Å². The van der Waals surface area contributed by atoms with Gasteiger partial charge in [0.1, 0.15) is 18.2 Å². The van der Waals surface area contributed by atoms with Gasteiger partial charge in [0.05, 0.1) is 12.0 Å². The Hall–Kier alpha value is -2.97. The molecule has 0 atom stereocenters. The number of methoxy groups -OCH3 is 1. The van der Waals surface area contributed by atoms with Gasteiger partial charge in [-0.15, -0.1) is 0 Å². The fourth-order valence-corrected chi connectivity index (χ4v) is 3.56. The molecule has 0 saturated carbocycles. The van der Waals surface area contributed by atoms with Gasteiger partial charge in [-0.2, -0.15) is 0 Å². The normalized spacial score (nSPS) is 11.3. The van der Waals surface area contributed by atoms with Gasteiger partial charge in [0.25, 0.3) is 0 Å². The summed E-state index contributed by atoms with van der Waals surface area (Å²) in [5.74, 6) is -0.491. The van der Waals surface area contributed by atoms with E-state index in [2.05, 4.69) is 4.72 Å². The molecule has 5 nitrogen and oxygen atoms in total. The smallest absolute Gasteiger partial charge is 0.240 e. The molecule has 8 heteroatoms. The standard InChI is InChI=1S/C21H19F2NO4S/c1-27-21-11-10-19(12-20(21)23)29(25,26)24-13-15-4-8-18(9-5-15)28-14-16-2-6-17(22)7-3-16/h2-12,24H,13-14H2,1H3. The third kappa shape index (κ3) is 5.52. The molecule has 0 radical (unpaired) electrons. The summed E-state index contributed by atoms with van der Waals surface area (Å²) in [6.45, 7) is 0.323. The van der Waals surface area contributed by atoms with Crippen LogP contribution in [-0.2, 0) is 23.2 Å². The highest BCUT2D eigenvalue weighted by Crippen LogP contribution is 2.21. The molecule has 0 spiro atoms. The van der Waals surface area contributed by atoms with Crippen LogP contribution < -0.4 is 14.2 Å². The third-order valence-corrected chi connectivity index (χ3v) is 5.54. The van der Waals surface area contributed by atoms with Gasteiger partial charge in [-0.1, -0.05) is 24.3 Å². The lowest BCUT2D eigenvalue weighted by Gasteiger charge is -2.10. The van der Waals surface area contributed by atoms with E-state index in [4.69, 9.17) is 9.47 Å². The highest BCUT2D eigenvalue weighted by Gasteiger charge is 2.16. The van der Waals surface area contributed by atoms with Gasteiger partial charge in [0.15, 0.2) is 11.6 Å². The van der Waals surface area contributed by atoms with Crippen molar-refractivity contribution in [3.8, 4) is 11.5 Å². The summed E-state index contributed by atoms with van der Waals surface area (Å²) < 4.78 is 64.2. The number of nitrogens with one attached hydrogen (secondary N) is 1. The fraction of sp³-hybridized carbons (Fsp3) is 0.143. The summed E-state index contributed by atoms with van der Waals surface area (Å²) in [7, 11) is -2.57. The van der Waals surface area contributed by atoms with Gasteiger partial charge >= 0.3 is 0 Å². The monoisotopic (exact) mass is 419 g/mol. The average molecular weight is 419 g/mol. The van der Waals surface area contributed by atoms with E-state index >= 15 is 0 Å². The largest absolute Gasteiger partial charge is 0.494 e. The van der Waals surface area contributed by atoms with E-state index < -0.39 is 15.8 Å². The molecular weight excluding hydrogens is 400 g/mol. The number of benzene rings is 3. The van der Waals surface area contributed by atoms with Crippen molar-refractivity contribution in [2.24, 2.45) is 0 Å². The molecule has 0 unspecified atom stereocenters. The van der Waals surface area contributed by atoms with E-state index in [1.54, 1.807) is 36.4 Å². The Bertz CT molecular complexity index is 1070. The van der Waals surface area contributed by atoms with Crippen LogP contribution in [0.4, 0.5) is 8.78 Å². The van der Waals surface area contributed by atoms with E-state index in [1.807, 2.05) is 0 Å². The Morgan fingerprint density at radius 1 is 0.897 bits per heavy atom. The summed E-state index contributed by atoms with van der Waals surface area (Å²) >= 11 is 0. The molecule has 0 fully saturated rings. The van der Waals surface area contributed by atoms with Gasteiger partial charge in [-0.05, 0) is 53.6 Å². The molecule has 3 aromatic rings. The summed E-state index contributed by atoms with van der Waals surface area (Å²) in [5, 5.41) is 0. The van der Waals surface area contributed by atoms with Crippen LogP contribution in [0.15, 0.2) is 71.6 Å². The van der Waals surface area contributed by atoms with Gasteiger partial charge in [-0.25, -0.2) is 21.9 Å². The molecule has 0 bridgehead atoms. The first kappa shape index (κ1) is 20.8. The number of rotatable bonds is 8. The number of sulfonamides is 1. The third-order valence-electron chi connectivity index (χ3n) is 4.14. The highest BCUT2D eigenvalue weighted by molar-refractivity contribution is 7.89. The second-order valence-electron chi connectivity index (χ2n) is 6.18. The fourth-order valence-electron chi connectivity index (χ4n) is 2.53. The summed E-state index contributed by atoms with van der Waals surface area (Å²) in [5.41, 5.74) is 1.53. The molecule has 0 amide bonds. The van der Waals surface area contributed by atoms with Crippen molar-refractivity contribution < 1.29 is 26.7 Å². The molecule has 3 rings (SSSR count). The zero-order valence-corrected chi connectivity index (χ0v) is 16.4. The minimum atomic E-state index is -3.87. The van der Waals surface area contributed by atoms with E-state index in [1.165, 1.54) is 31.4 Å². The Morgan fingerprint density at radius 3 is 2.17 bits per heavy atom. The molecule has 0 aliphatic carbocycles.